The topological polar surface area (TPSA) is 86.3 Å². The molecule has 0 bridgehead atoms. The second-order valence-electron chi connectivity index (χ2n) is 5.83. The summed E-state index contributed by atoms with van der Waals surface area (Å²) in [6.07, 6.45) is 4.40. The largest absolute Gasteiger partial charge is 0.481 e. The Morgan fingerprint density at radius 2 is 2.27 bits per heavy atom. The summed E-state index contributed by atoms with van der Waals surface area (Å²) < 4.78 is 0. The van der Waals surface area contributed by atoms with E-state index in [-0.39, 0.29) is 18.2 Å². The van der Waals surface area contributed by atoms with E-state index in [0.29, 0.717) is 18.5 Å². The lowest BCUT2D eigenvalue weighted by molar-refractivity contribution is -0.137. The van der Waals surface area contributed by atoms with Crippen LogP contribution < -0.4 is 0 Å². The zero-order valence-electron chi connectivity index (χ0n) is 12.3. The molecule has 1 aromatic heterocycles. The smallest absolute Gasteiger partial charge is 0.303 e. The number of carbonyl (C=O) groups is 2. The lowest BCUT2D eigenvalue weighted by Crippen LogP contribution is -2.40. The molecular weight excluding hydrogens is 282 g/mol. The lowest BCUT2D eigenvalue weighted by atomic mass is 9.93. The van der Waals surface area contributed by atoms with Crippen molar-refractivity contribution >= 4 is 22.8 Å². The molecule has 2 heterocycles. The highest BCUT2D eigenvalue weighted by Gasteiger charge is 2.25. The third-order valence-electron chi connectivity index (χ3n) is 4.29. The van der Waals surface area contributed by atoms with Crippen molar-refractivity contribution in [1.82, 2.24) is 15.1 Å². The van der Waals surface area contributed by atoms with Crippen LogP contribution in [0.15, 0.2) is 24.4 Å². The van der Waals surface area contributed by atoms with Gasteiger partial charge in [-0.1, -0.05) is 6.07 Å². The third kappa shape index (κ3) is 2.95. The normalized spacial score (nSPS) is 18.5. The van der Waals surface area contributed by atoms with Crippen LogP contribution in [-0.2, 0) is 4.79 Å². The first-order chi connectivity index (χ1) is 10.6. The van der Waals surface area contributed by atoms with Crippen LogP contribution >= 0.6 is 0 Å². The Labute approximate surface area is 128 Å². The van der Waals surface area contributed by atoms with E-state index in [0.717, 1.165) is 30.3 Å². The lowest BCUT2D eigenvalue weighted by Gasteiger charge is -2.32. The Kier molecular flexibility index (Phi) is 4.09. The van der Waals surface area contributed by atoms with Crippen molar-refractivity contribution < 1.29 is 14.7 Å². The van der Waals surface area contributed by atoms with Gasteiger partial charge in [0.25, 0.3) is 5.91 Å². The molecule has 1 unspecified atom stereocenters. The molecule has 1 aromatic carbocycles. The monoisotopic (exact) mass is 301 g/mol. The van der Waals surface area contributed by atoms with Crippen molar-refractivity contribution in [3.63, 3.8) is 0 Å². The van der Waals surface area contributed by atoms with Gasteiger partial charge in [0, 0.05) is 24.9 Å². The van der Waals surface area contributed by atoms with Crippen LogP contribution in [0.4, 0.5) is 0 Å². The number of likely N-dealkylation sites (tertiary alicyclic amines) is 1. The van der Waals surface area contributed by atoms with Crippen molar-refractivity contribution in [3.05, 3.63) is 30.0 Å². The number of aromatic nitrogens is 2. The van der Waals surface area contributed by atoms with Gasteiger partial charge in [-0.15, -0.1) is 0 Å². The van der Waals surface area contributed by atoms with Crippen LogP contribution in [0.2, 0.25) is 0 Å². The minimum atomic E-state index is -0.772. The van der Waals surface area contributed by atoms with Gasteiger partial charge in [-0.05, 0) is 37.3 Å². The number of amides is 1. The second kappa shape index (κ2) is 6.17. The van der Waals surface area contributed by atoms with Crippen LogP contribution in [0.25, 0.3) is 10.9 Å². The van der Waals surface area contributed by atoms with E-state index in [4.69, 9.17) is 5.11 Å². The molecule has 1 saturated heterocycles. The fourth-order valence-electron chi connectivity index (χ4n) is 3.14. The number of piperidine rings is 1. The fraction of sp³-hybridized carbons (Fsp3) is 0.438. The average molecular weight is 301 g/mol. The number of carbonyl (C=O) groups excluding carboxylic acids is 1. The van der Waals surface area contributed by atoms with E-state index in [2.05, 4.69) is 10.2 Å². The molecule has 0 spiro atoms. The number of fused-ring (bicyclic) bond motifs is 1. The first-order valence-corrected chi connectivity index (χ1v) is 7.58. The van der Waals surface area contributed by atoms with Gasteiger partial charge in [0.2, 0.25) is 0 Å². The highest BCUT2D eigenvalue weighted by molar-refractivity contribution is 6.06. The standard InChI is InChI=1S/C16H19N3O3/c20-15(21)7-6-11-3-2-8-19(10-11)16(22)12-4-1-5-14-13(12)9-17-18-14/h1,4-5,9,11H,2-3,6-8,10H2,(H,17,18)(H,20,21). The molecule has 2 N–H and O–H groups in total. The summed E-state index contributed by atoms with van der Waals surface area (Å²) in [5, 5.41) is 16.5. The van der Waals surface area contributed by atoms with Gasteiger partial charge in [0.15, 0.2) is 0 Å². The van der Waals surface area contributed by atoms with Gasteiger partial charge in [0.05, 0.1) is 17.3 Å². The number of hydrogen-bond acceptors (Lipinski definition) is 3. The molecule has 2 aromatic rings. The Morgan fingerprint density at radius 3 is 3.09 bits per heavy atom. The number of nitrogens with one attached hydrogen (secondary N) is 1. The molecule has 116 valence electrons. The van der Waals surface area contributed by atoms with Crippen LogP contribution in [0.1, 0.15) is 36.0 Å². The number of hydrogen-bond donors (Lipinski definition) is 2. The van der Waals surface area contributed by atoms with Crippen molar-refractivity contribution in [2.45, 2.75) is 25.7 Å². The number of aliphatic carboxylic acids is 1. The summed E-state index contributed by atoms with van der Waals surface area (Å²) in [5.41, 5.74) is 1.51. The number of carboxylic acids is 1. The number of benzene rings is 1. The molecular formula is C16H19N3O3. The van der Waals surface area contributed by atoms with Crippen molar-refractivity contribution in [3.8, 4) is 0 Å². The van der Waals surface area contributed by atoms with Gasteiger partial charge >= 0.3 is 5.97 Å². The first-order valence-electron chi connectivity index (χ1n) is 7.58. The summed E-state index contributed by atoms with van der Waals surface area (Å²) in [6, 6.07) is 5.56. The summed E-state index contributed by atoms with van der Waals surface area (Å²) in [5.74, 6) is -0.490. The Morgan fingerprint density at radius 1 is 1.41 bits per heavy atom. The average Bonchev–Trinajstić information content (AvgIpc) is 3.01. The molecule has 0 radical (unpaired) electrons. The number of nitrogens with zero attached hydrogens (tertiary/aromatic N) is 2. The van der Waals surface area contributed by atoms with Crippen molar-refractivity contribution in [2.24, 2.45) is 5.92 Å². The number of carboxylic acid groups (broad SMARTS) is 1. The van der Waals surface area contributed by atoms with Gasteiger partial charge in [-0.2, -0.15) is 5.10 Å². The third-order valence-corrected chi connectivity index (χ3v) is 4.29. The Balaban J connectivity index is 1.74. The first kappa shape index (κ1) is 14.6. The molecule has 6 heteroatoms. The molecule has 6 nitrogen and oxygen atoms in total. The summed E-state index contributed by atoms with van der Waals surface area (Å²) in [6.45, 7) is 1.37. The van der Waals surface area contributed by atoms with E-state index >= 15 is 0 Å². The van der Waals surface area contributed by atoms with E-state index < -0.39 is 5.97 Å². The highest BCUT2D eigenvalue weighted by atomic mass is 16.4. The number of H-pyrrole nitrogens is 1. The molecule has 0 saturated carbocycles. The number of aromatic amines is 1. The molecule has 22 heavy (non-hydrogen) atoms. The summed E-state index contributed by atoms with van der Waals surface area (Å²) in [7, 11) is 0. The van der Waals surface area contributed by atoms with E-state index in [1.165, 1.54) is 0 Å². The molecule has 1 atom stereocenters. The van der Waals surface area contributed by atoms with E-state index in [9.17, 15) is 9.59 Å². The van der Waals surface area contributed by atoms with Crippen molar-refractivity contribution in [1.29, 1.82) is 0 Å². The van der Waals surface area contributed by atoms with Crippen LogP contribution in [-0.4, -0.2) is 45.2 Å². The molecule has 3 rings (SSSR count). The zero-order valence-corrected chi connectivity index (χ0v) is 12.3. The second-order valence-corrected chi connectivity index (χ2v) is 5.83. The molecule has 1 amide bonds. The van der Waals surface area contributed by atoms with E-state index in [1.807, 2.05) is 23.1 Å². The van der Waals surface area contributed by atoms with Crippen LogP contribution in [0, 0.1) is 5.92 Å². The minimum Gasteiger partial charge on any atom is -0.481 e. The van der Waals surface area contributed by atoms with E-state index in [1.54, 1.807) is 6.20 Å². The zero-order chi connectivity index (χ0) is 15.5. The Hall–Kier alpha value is -2.37. The highest BCUT2D eigenvalue weighted by Crippen LogP contribution is 2.24. The fourth-order valence-corrected chi connectivity index (χ4v) is 3.14. The predicted molar refractivity (Wildman–Crippen MR) is 81.6 cm³/mol. The SMILES string of the molecule is O=C(O)CCC1CCCN(C(=O)c2cccc3[nH]ncc23)C1. The quantitative estimate of drug-likeness (QED) is 0.907. The predicted octanol–water partition coefficient (Wildman–Crippen LogP) is 2.28. The van der Waals surface area contributed by atoms with Crippen LogP contribution in [0.5, 0.6) is 0 Å². The maximum absolute atomic E-state index is 12.8. The van der Waals surface area contributed by atoms with Crippen molar-refractivity contribution in [2.75, 3.05) is 13.1 Å². The number of rotatable bonds is 4. The maximum Gasteiger partial charge on any atom is 0.303 e. The molecule has 1 aliphatic rings. The molecule has 1 fully saturated rings. The summed E-state index contributed by atoms with van der Waals surface area (Å²) >= 11 is 0. The molecule has 1 aliphatic heterocycles. The maximum atomic E-state index is 12.8. The van der Waals surface area contributed by atoms with Gasteiger partial charge < -0.3 is 10.0 Å². The minimum absolute atomic E-state index is 0.00650. The van der Waals surface area contributed by atoms with Gasteiger partial charge in [0.1, 0.15) is 0 Å². The van der Waals surface area contributed by atoms with Gasteiger partial charge in [-0.3, -0.25) is 14.7 Å². The van der Waals surface area contributed by atoms with Gasteiger partial charge in [-0.25, -0.2) is 0 Å². The van der Waals surface area contributed by atoms with Crippen LogP contribution in [0.3, 0.4) is 0 Å². The Bertz CT molecular complexity index is 695. The molecule has 0 aliphatic carbocycles. The summed E-state index contributed by atoms with van der Waals surface area (Å²) in [4.78, 5) is 25.3.